The molecule has 6 heteroatoms. The van der Waals surface area contributed by atoms with E-state index in [-0.39, 0.29) is 23.3 Å². The number of anilines is 2. The molecular weight excluding hydrogens is 362 g/mol. The van der Waals surface area contributed by atoms with Crippen molar-refractivity contribution in [1.82, 2.24) is 0 Å². The smallest absolute Gasteiger partial charge is 0.229 e. The number of nitrogens with zero attached hydrogens (tertiary/aromatic N) is 2. The molecule has 2 aromatic rings. The Morgan fingerprint density at radius 3 is 2.78 bits per heavy atom. The highest BCUT2D eigenvalue weighted by atomic mass is 35.5. The summed E-state index contributed by atoms with van der Waals surface area (Å²) < 4.78 is 0. The van der Waals surface area contributed by atoms with Gasteiger partial charge >= 0.3 is 0 Å². The van der Waals surface area contributed by atoms with Gasteiger partial charge in [0.2, 0.25) is 11.8 Å². The molecule has 1 aliphatic carbocycles. The first-order chi connectivity index (χ1) is 13.0. The van der Waals surface area contributed by atoms with Gasteiger partial charge in [0.1, 0.15) is 6.07 Å². The monoisotopic (exact) mass is 379 g/mol. The molecule has 0 saturated carbocycles. The summed E-state index contributed by atoms with van der Waals surface area (Å²) in [6, 6.07) is 12.9. The zero-order valence-electron chi connectivity index (χ0n) is 14.7. The summed E-state index contributed by atoms with van der Waals surface area (Å²) in [4.78, 5) is 26.8. The predicted molar refractivity (Wildman–Crippen MR) is 104 cm³/mol. The number of carbonyl (C=O) groups is 2. The number of rotatable bonds is 3. The fourth-order valence-corrected chi connectivity index (χ4v) is 4.01. The van der Waals surface area contributed by atoms with Crippen molar-refractivity contribution >= 4 is 34.8 Å². The van der Waals surface area contributed by atoms with Crippen LogP contribution < -0.4 is 10.2 Å². The molecule has 0 radical (unpaired) electrons. The molecule has 0 spiro atoms. The van der Waals surface area contributed by atoms with Crippen LogP contribution in [0.3, 0.4) is 0 Å². The van der Waals surface area contributed by atoms with E-state index in [1.165, 1.54) is 11.1 Å². The number of amides is 2. The Morgan fingerprint density at radius 2 is 2.00 bits per heavy atom. The topological polar surface area (TPSA) is 73.2 Å². The molecule has 0 aromatic heterocycles. The minimum Gasteiger partial charge on any atom is -0.326 e. The van der Waals surface area contributed by atoms with E-state index in [1.54, 1.807) is 23.1 Å². The summed E-state index contributed by atoms with van der Waals surface area (Å²) in [6.45, 7) is 0.369. The van der Waals surface area contributed by atoms with Crippen LogP contribution in [0.5, 0.6) is 0 Å². The van der Waals surface area contributed by atoms with Gasteiger partial charge in [0.15, 0.2) is 0 Å². The standard InChI is InChI=1S/C21H18ClN3O2/c22-19-10-17(6-4-15(19)11-23)24-21(27)16-9-20(26)25(12-16)18-7-5-13-2-1-3-14(13)8-18/h4-8,10,16H,1-3,9,12H2,(H,24,27). The normalized spacial score (nSPS) is 18.3. The van der Waals surface area contributed by atoms with Crippen molar-refractivity contribution in [3.63, 3.8) is 0 Å². The lowest BCUT2D eigenvalue weighted by Crippen LogP contribution is -2.28. The molecular formula is C21H18ClN3O2. The van der Waals surface area contributed by atoms with Crippen molar-refractivity contribution in [2.75, 3.05) is 16.8 Å². The van der Waals surface area contributed by atoms with Gasteiger partial charge in [-0.3, -0.25) is 9.59 Å². The van der Waals surface area contributed by atoms with Gasteiger partial charge in [-0.05, 0) is 60.7 Å². The molecule has 27 heavy (non-hydrogen) atoms. The number of carbonyl (C=O) groups excluding carboxylic acids is 2. The minimum absolute atomic E-state index is 0.0362. The Balaban J connectivity index is 1.46. The van der Waals surface area contributed by atoms with Gasteiger partial charge < -0.3 is 10.2 Å². The van der Waals surface area contributed by atoms with Crippen molar-refractivity contribution in [1.29, 1.82) is 5.26 Å². The number of nitriles is 1. The lowest BCUT2D eigenvalue weighted by Gasteiger charge is -2.18. The first-order valence-electron chi connectivity index (χ1n) is 8.98. The first kappa shape index (κ1) is 17.6. The molecule has 1 N–H and O–H groups in total. The molecule has 4 rings (SSSR count). The number of hydrogen-bond acceptors (Lipinski definition) is 3. The third-order valence-corrected chi connectivity index (χ3v) is 5.56. The van der Waals surface area contributed by atoms with Gasteiger partial charge in [-0.25, -0.2) is 0 Å². The summed E-state index contributed by atoms with van der Waals surface area (Å²) >= 11 is 6.01. The van der Waals surface area contributed by atoms with E-state index < -0.39 is 5.92 Å². The van der Waals surface area contributed by atoms with Crippen molar-refractivity contribution in [2.24, 2.45) is 5.92 Å². The Hall–Kier alpha value is -2.84. The fourth-order valence-electron chi connectivity index (χ4n) is 3.79. The maximum atomic E-state index is 12.6. The van der Waals surface area contributed by atoms with E-state index in [0.29, 0.717) is 17.8 Å². The van der Waals surface area contributed by atoms with E-state index in [2.05, 4.69) is 17.4 Å². The lowest BCUT2D eigenvalue weighted by atomic mass is 10.1. The average Bonchev–Trinajstić information content (AvgIpc) is 3.27. The van der Waals surface area contributed by atoms with Gasteiger partial charge in [-0.1, -0.05) is 17.7 Å². The minimum atomic E-state index is -0.417. The van der Waals surface area contributed by atoms with Gasteiger partial charge in [-0.2, -0.15) is 5.26 Å². The van der Waals surface area contributed by atoms with Gasteiger partial charge in [0.25, 0.3) is 0 Å². The number of nitrogens with one attached hydrogen (secondary N) is 1. The molecule has 1 atom stereocenters. The fraction of sp³-hybridized carbons (Fsp3) is 0.286. The summed E-state index contributed by atoms with van der Waals surface area (Å²) in [6.07, 6.45) is 3.49. The lowest BCUT2D eigenvalue weighted by molar-refractivity contribution is -0.122. The molecule has 2 aliphatic rings. The third-order valence-electron chi connectivity index (χ3n) is 5.25. The Bertz CT molecular complexity index is 980. The molecule has 2 aromatic carbocycles. The van der Waals surface area contributed by atoms with Gasteiger partial charge in [0, 0.05) is 24.3 Å². The van der Waals surface area contributed by atoms with Crippen molar-refractivity contribution in [3.05, 3.63) is 58.1 Å². The van der Waals surface area contributed by atoms with Crippen LogP contribution in [0.4, 0.5) is 11.4 Å². The first-order valence-corrected chi connectivity index (χ1v) is 9.35. The molecule has 2 amide bonds. The van der Waals surface area contributed by atoms with E-state index in [0.717, 1.165) is 24.9 Å². The van der Waals surface area contributed by atoms with Crippen LogP contribution in [0.1, 0.15) is 29.5 Å². The van der Waals surface area contributed by atoms with Crippen LogP contribution in [0.25, 0.3) is 0 Å². The van der Waals surface area contributed by atoms with Gasteiger partial charge in [-0.15, -0.1) is 0 Å². The molecule has 1 unspecified atom stereocenters. The van der Waals surface area contributed by atoms with Crippen LogP contribution >= 0.6 is 11.6 Å². The van der Waals surface area contributed by atoms with Crippen LogP contribution in [0.2, 0.25) is 5.02 Å². The largest absolute Gasteiger partial charge is 0.326 e. The number of hydrogen-bond donors (Lipinski definition) is 1. The average molecular weight is 380 g/mol. The summed E-state index contributed by atoms with van der Waals surface area (Å²) in [7, 11) is 0. The van der Waals surface area contributed by atoms with E-state index in [9.17, 15) is 9.59 Å². The maximum Gasteiger partial charge on any atom is 0.229 e. The van der Waals surface area contributed by atoms with E-state index in [4.69, 9.17) is 16.9 Å². The quantitative estimate of drug-likeness (QED) is 0.883. The number of benzene rings is 2. The number of halogens is 1. The highest BCUT2D eigenvalue weighted by Crippen LogP contribution is 2.31. The zero-order valence-corrected chi connectivity index (χ0v) is 15.4. The van der Waals surface area contributed by atoms with E-state index >= 15 is 0 Å². The predicted octanol–water partition coefficient (Wildman–Crippen LogP) is 3.69. The summed E-state index contributed by atoms with van der Waals surface area (Å²) in [5.74, 6) is -0.668. The van der Waals surface area contributed by atoms with Crippen molar-refractivity contribution in [3.8, 4) is 6.07 Å². The maximum absolute atomic E-state index is 12.6. The Kier molecular flexibility index (Phi) is 4.59. The van der Waals surface area contributed by atoms with Crippen LogP contribution in [-0.4, -0.2) is 18.4 Å². The molecule has 0 bridgehead atoms. The Labute approximate surface area is 162 Å². The second kappa shape index (κ2) is 7.05. The SMILES string of the molecule is N#Cc1ccc(NC(=O)C2CC(=O)N(c3ccc4c(c3)CCC4)C2)cc1Cl. The summed E-state index contributed by atoms with van der Waals surface area (Å²) in [5.41, 5.74) is 4.41. The van der Waals surface area contributed by atoms with Crippen LogP contribution in [0, 0.1) is 17.2 Å². The van der Waals surface area contributed by atoms with Crippen molar-refractivity contribution < 1.29 is 9.59 Å². The third kappa shape index (κ3) is 3.41. The number of aryl methyl sites for hydroxylation is 2. The molecule has 1 aliphatic heterocycles. The van der Waals surface area contributed by atoms with Gasteiger partial charge in [0.05, 0.1) is 16.5 Å². The van der Waals surface area contributed by atoms with Crippen molar-refractivity contribution in [2.45, 2.75) is 25.7 Å². The zero-order chi connectivity index (χ0) is 19.0. The Morgan fingerprint density at radius 1 is 1.19 bits per heavy atom. The van der Waals surface area contributed by atoms with E-state index in [1.807, 2.05) is 12.1 Å². The molecule has 1 heterocycles. The summed E-state index contributed by atoms with van der Waals surface area (Å²) in [5, 5.41) is 12.0. The molecule has 5 nitrogen and oxygen atoms in total. The number of fused-ring (bicyclic) bond motifs is 1. The molecule has 1 fully saturated rings. The second-order valence-electron chi connectivity index (χ2n) is 7.01. The van der Waals surface area contributed by atoms with Crippen LogP contribution in [-0.2, 0) is 22.4 Å². The highest BCUT2D eigenvalue weighted by Gasteiger charge is 2.35. The molecule has 136 valence electrons. The highest BCUT2D eigenvalue weighted by molar-refractivity contribution is 6.32. The van der Waals surface area contributed by atoms with Crippen LogP contribution in [0.15, 0.2) is 36.4 Å². The second-order valence-corrected chi connectivity index (χ2v) is 7.41. The molecule has 1 saturated heterocycles.